The fourth-order valence-corrected chi connectivity index (χ4v) is 3.50. The predicted molar refractivity (Wildman–Crippen MR) is 109 cm³/mol. The highest BCUT2D eigenvalue weighted by Crippen LogP contribution is 2.43. The molecule has 1 fully saturated rings. The Labute approximate surface area is 166 Å². The molecular weight excluding hydrogens is 358 g/mol. The Kier molecular flexibility index (Phi) is 5.82. The number of aromatic nitrogens is 1. The first-order valence-corrected chi connectivity index (χ1v) is 9.55. The largest absolute Gasteiger partial charge is 0.493 e. The van der Waals surface area contributed by atoms with E-state index in [1.807, 2.05) is 39.1 Å². The number of amides is 1. The predicted octanol–water partition coefficient (Wildman–Crippen LogP) is 3.70. The Morgan fingerprint density at radius 2 is 1.89 bits per heavy atom. The molecule has 1 amide bonds. The standard InChI is InChI=1S/C21H29N3O4/c1-21(2,3)28-20(25)24-10-6-9-23(11-12-24)18-16-7-8-22-14-15(16)13-17(26-4)19(18)27-5/h7-8,13-14H,6,9-12H2,1-5H3. The van der Waals surface area contributed by atoms with E-state index in [1.54, 1.807) is 25.3 Å². The minimum absolute atomic E-state index is 0.263. The maximum Gasteiger partial charge on any atom is 0.410 e. The first-order valence-electron chi connectivity index (χ1n) is 9.55. The van der Waals surface area contributed by atoms with Gasteiger partial charge in [-0.15, -0.1) is 0 Å². The number of fused-ring (bicyclic) bond motifs is 1. The third-order valence-corrected chi connectivity index (χ3v) is 4.72. The van der Waals surface area contributed by atoms with Gasteiger partial charge in [-0.2, -0.15) is 0 Å². The van der Waals surface area contributed by atoms with E-state index < -0.39 is 5.60 Å². The van der Waals surface area contributed by atoms with Crippen LogP contribution in [0.15, 0.2) is 24.5 Å². The van der Waals surface area contributed by atoms with Gasteiger partial charge in [0.1, 0.15) is 5.60 Å². The second-order valence-electron chi connectivity index (χ2n) is 7.87. The van der Waals surface area contributed by atoms with Crippen molar-refractivity contribution < 1.29 is 19.0 Å². The van der Waals surface area contributed by atoms with E-state index in [9.17, 15) is 4.79 Å². The first-order chi connectivity index (χ1) is 13.3. The maximum absolute atomic E-state index is 12.5. The monoisotopic (exact) mass is 387 g/mol. The molecule has 0 radical (unpaired) electrons. The molecule has 7 heteroatoms. The lowest BCUT2D eigenvalue weighted by atomic mass is 10.1. The maximum atomic E-state index is 12.5. The van der Waals surface area contributed by atoms with Crippen LogP contribution in [0.2, 0.25) is 0 Å². The number of anilines is 1. The quantitative estimate of drug-likeness (QED) is 0.800. The zero-order valence-electron chi connectivity index (χ0n) is 17.3. The fourth-order valence-electron chi connectivity index (χ4n) is 3.50. The van der Waals surface area contributed by atoms with Gasteiger partial charge in [0.05, 0.1) is 19.9 Å². The molecule has 0 unspecified atom stereocenters. The summed E-state index contributed by atoms with van der Waals surface area (Å²) in [5.41, 5.74) is 0.479. The van der Waals surface area contributed by atoms with Crippen LogP contribution < -0.4 is 14.4 Å². The van der Waals surface area contributed by atoms with Crippen LogP contribution in [0.5, 0.6) is 11.5 Å². The van der Waals surface area contributed by atoms with E-state index in [1.165, 1.54) is 0 Å². The van der Waals surface area contributed by atoms with Gasteiger partial charge in [0.2, 0.25) is 0 Å². The molecule has 0 aliphatic carbocycles. The van der Waals surface area contributed by atoms with Crippen molar-refractivity contribution in [1.82, 2.24) is 9.88 Å². The van der Waals surface area contributed by atoms with Crippen LogP contribution in [0.25, 0.3) is 10.8 Å². The van der Waals surface area contributed by atoms with E-state index >= 15 is 0 Å². The average Bonchev–Trinajstić information content (AvgIpc) is 2.91. The summed E-state index contributed by atoms with van der Waals surface area (Å²) in [4.78, 5) is 20.7. The molecule has 152 valence electrons. The SMILES string of the molecule is COc1cc2cnccc2c(N2CCCN(C(=O)OC(C)(C)C)CC2)c1OC. The van der Waals surface area contributed by atoms with Gasteiger partial charge in [-0.3, -0.25) is 4.98 Å². The lowest BCUT2D eigenvalue weighted by Crippen LogP contribution is -2.39. The van der Waals surface area contributed by atoms with Crippen molar-refractivity contribution in [2.75, 3.05) is 45.3 Å². The molecule has 0 saturated carbocycles. The number of benzene rings is 1. The molecule has 28 heavy (non-hydrogen) atoms. The number of ether oxygens (including phenoxy) is 3. The van der Waals surface area contributed by atoms with E-state index in [0.717, 1.165) is 29.4 Å². The first kappa shape index (κ1) is 20.0. The van der Waals surface area contributed by atoms with Crippen LogP contribution in [-0.2, 0) is 4.74 Å². The molecule has 0 N–H and O–H groups in total. The van der Waals surface area contributed by atoms with Crippen molar-refractivity contribution in [2.24, 2.45) is 0 Å². The van der Waals surface area contributed by atoms with E-state index in [0.29, 0.717) is 31.1 Å². The van der Waals surface area contributed by atoms with Crippen molar-refractivity contribution in [3.05, 3.63) is 24.5 Å². The molecule has 1 aliphatic heterocycles. The Morgan fingerprint density at radius 3 is 2.57 bits per heavy atom. The minimum Gasteiger partial charge on any atom is -0.493 e. The lowest BCUT2D eigenvalue weighted by molar-refractivity contribution is 0.0263. The third kappa shape index (κ3) is 4.24. The number of pyridine rings is 1. The lowest BCUT2D eigenvalue weighted by Gasteiger charge is -2.28. The summed E-state index contributed by atoms with van der Waals surface area (Å²) >= 11 is 0. The number of hydrogen-bond acceptors (Lipinski definition) is 6. The average molecular weight is 387 g/mol. The highest BCUT2D eigenvalue weighted by molar-refractivity contribution is 5.99. The van der Waals surface area contributed by atoms with Crippen LogP contribution in [0.1, 0.15) is 27.2 Å². The highest BCUT2D eigenvalue weighted by atomic mass is 16.6. The zero-order valence-corrected chi connectivity index (χ0v) is 17.3. The van der Waals surface area contributed by atoms with Gasteiger partial charge >= 0.3 is 6.09 Å². The van der Waals surface area contributed by atoms with Gasteiger partial charge in [0, 0.05) is 49.3 Å². The number of methoxy groups -OCH3 is 2. The molecule has 0 atom stereocenters. The van der Waals surface area contributed by atoms with Gasteiger partial charge in [0.25, 0.3) is 0 Å². The molecule has 0 bridgehead atoms. The van der Waals surface area contributed by atoms with Gasteiger partial charge in [-0.05, 0) is 39.3 Å². The van der Waals surface area contributed by atoms with Crippen molar-refractivity contribution in [2.45, 2.75) is 32.8 Å². The summed E-state index contributed by atoms with van der Waals surface area (Å²) in [6, 6.07) is 3.93. The summed E-state index contributed by atoms with van der Waals surface area (Å²) in [5, 5.41) is 2.04. The van der Waals surface area contributed by atoms with E-state index in [-0.39, 0.29) is 6.09 Å². The Hall–Kier alpha value is -2.70. The molecule has 1 aliphatic rings. The van der Waals surface area contributed by atoms with Gasteiger partial charge < -0.3 is 24.0 Å². The summed E-state index contributed by atoms with van der Waals surface area (Å²) < 4.78 is 16.8. The van der Waals surface area contributed by atoms with Crippen LogP contribution in [0.3, 0.4) is 0 Å². The number of rotatable bonds is 3. The van der Waals surface area contributed by atoms with Crippen LogP contribution in [-0.4, -0.2) is 62.0 Å². The normalized spacial score (nSPS) is 15.3. The molecule has 1 saturated heterocycles. The number of carbonyl (C=O) groups is 1. The minimum atomic E-state index is -0.498. The van der Waals surface area contributed by atoms with Gasteiger partial charge in [-0.1, -0.05) is 0 Å². The Morgan fingerprint density at radius 1 is 1.11 bits per heavy atom. The summed E-state index contributed by atoms with van der Waals surface area (Å²) in [5.74, 6) is 1.37. The van der Waals surface area contributed by atoms with Crippen LogP contribution in [0, 0.1) is 0 Å². The molecule has 3 rings (SSSR count). The molecular formula is C21H29N3O4. The Bertz CT molecular complexity index is 847. The fraction of sp³-hybridized carbons (Fsp3) is 0.524. The topological polar surface area (TPSA) is 64.1 Å². The summed E-state index contributed by atoms with van der Waals surface area (Å²) in [6.07, 6.45) is 4.18. The second kappa shape index (κ2) is 8.12. The van der Waals surface area contributed by atoms with Gasteiger partial charge in [-0.25, -0.2) is 4.79 Å². The summed E-state index contributed by atoms with van der Waals surface area (Å²) in [6.45, 7) is 8.39. The van der Waals surface area contributed by atoms with Crippen LogP contribution in [0.4, 0.5) is 10.5 Å². The van der Waals surface area contributed by atoms with Crippen LogP contribution >= 0.6 is 0 Å². The van der Waals surface area contributed by atoms with Crippen molar-refractivity contribution >= 4 is 22.6 Å². The summed E-state index contributed by atoms with van der Waals surface area (Å²) in [7, 11) is 3.29. The van der Waals surface area contributed by atoms with E-state index in [2.05, 4.69) is 9.88 Å². The Balaban J connectivity index is 1.92. The van der Waals surface area contributed by atoms with Crippen molar-refractivity contribution in [3.63, 3.8) is 0 Å². The van der Waals surface area contributed by atoms with E-state index in [4.69, 9.17) is 14.2 Å². The third-order valence-electron chi connectivity index (χ3n) is 4.72. The smallest absolute Gasteiger partial charge is 0.410 e. The van der Waals surface area contributed by atoms with Crippen molar-refractivity contribution in [1.29, 1.82) is 0 Å². The molecule has 1 aromatic carbocycles. The zero-order chi connectivity index (χ0) is 20.3. The molecule has 1 aromatic heterocycles. The molecule has 7 nitrogen and oxygen atoms in total. The molecule has 2 aromatic rings. The number of nitrogens with zero attached hydrogens (tertiary/aromatic N) is 3. The molecule has 2 heterocycles. The molecule has 0 spiro atoms. The second-order valence-corrected chi connectivity index (χ2v) is 7.87. The van der Waals surface area contributed by atoms with Crippen molar-refractivity contribution in [3.8, 4) is 11.5 Å². The number of hydrogen-bond donors (Lipinski definition) is 0. The highest BCUT2D eigenvalue weighted by Gasteiger charge is 2.27. The number of carbonyl (C=O) groups excluding carboxylic acids is 1. The van der Waals surface area contributed by atoms with Gasteiger partial charge in [0.15, 0.2) is 11.5 Å².